The zero-order valence-corrected chi connectivity index (χ0v) is 29.4. The highest BCUT2D eigenvalue weighted by atomic mass is 32.1. The minimum atomic E-state index is -1.21. The number of aromatic amines is 1. The van der Waals surface area contributed by atoms with Gasteiger partial charge < -0.3 is 25.2 Å². The lowest BCUT2D eigenvalue weighted by atomic mass is 9.88. The van der Waals surface area contributed by atoms with Crippen molar-refractivity contribution in [1.29, 1.82) is 0 Å². The SMILES string of the molecule is Cc1cc(C)cc(-c2[nH]c3sc(C(C)(C)C(=O)N4C5CCC4CC5)cc3c2[C@@H](C)CNC(=NC(=O)O)N2CCC(c3ccncc3)C2)c1. The first-order valence-electron chi connectivity index (χ1n) is 17.3. The molecule has 48 heavy (non-hydrogen) atoms. The number of hydrogen-bond donors (Lipinski definition) is 3. The van der Waals surface area contributed by atoms with Gasteiger partial charge in [0.25, 0.3) is 0 Å². The number of aliphatic imine (C=N–C) groups is 1. The lowest BCUT2D eigenvalue weighted by Gasteiger charge is -2.31. The Labute approximate surface area is 286 Å². The molecule has 3 aliphatic heterocycles. The third kappa shape index (κ3) is 5.99. The van der Waals surface area contributed by atoms with Crippen molar-refractivity contribution in [1.82, 2.24) is 25.1 Å². The van der Waals surface area contributed by atoms with Crippen molar-refractivity contribution in [3.8, 4) is 11.3 Å². The summed E-state index contributed by atoms with van der Waals surface area (Å²) in [4.78, 5) is 44.2. The molecular formula is C38H46N6O3S. The Morgan fingerprint density at radius 1 is 1.06 bits per heavy atom. The molecule has 0 aliphatic carbocycles. The number of likely N-dealkylation sites (tertiary alicyclic amines) is 1. The molecule has 0 radical (unpaired) electrons. The van der Waals surface area contributed by atoms with Crippen LogP contribution in [0.5, 0.6) is 0 Å². The molecule has 7 rings (SSSR count). The number of pyridine rings is 1. The molecule has 10 heteroatoms. The number of thiophene rings is 1. The number of rotatable bonds is 7. The second kappa shape index (κ2) is 12.7. The summed E-state index contributed by atoms with van der Waals surface area (Å²) in [6, 6.07) is 13.7. The number of aryl methyl sites for hydroxylation is 2. The zero-order valence-electron chi connectivity index (χ0n) is 28.5. The number of carboxylic acid groups (broad SMARTS) is 1. The number of fused-ring (bicyclic) bond motifs is 3. The number of guanidine groups is 1. The van der Waals surface area contributed by atoms with Gasteiger partial charge in [-0.15, -0.1) is 16.3 Å². The Hall–Kier alpha value is -4.18. The molecule has 0 spiro atoms. The van der Waals surface area contributed by atoms with Crippen molar-refractivity contribution >= 4 is 39.5 Å². The van der Waals surface area contributed by atoms with E-state index < -0.39 is 11.5 Å². The molecule has 2 amide bonds. The van der Waals surface area contributed by atoms with E-state index in [9.17, 15) is 14.7 Å². The predicted molar refractivity (Wildman–Crippen MR) is 192 cm³/mol. The molecule has 3 aliphatic rings. The Morgan fingerprint density at radius 2 is 1.73 bits per heavy atom. The van der Waals surface area contributed by atoms with E-state index in [2.05, 4.69) is 84.1 Å². The molecule has 0 saturated carbocycles. The Morgan fingerprint density at radius 3 is 2.38 bits per heavy atom. The average Bonchev–Trinajstić information content (AvgIpc) is 3.89. The molecule has 4 aromatic rings. The zero-order chi connectivity index (χ0) is 33.7. The summed E-state index contributed by atoms with van der Waals surface area (Å²) in [5.41, 5.74) is 6.33. The minimum absolute atomic E-state index is 0.00264. The van der Waals surface area contributed by atoms with Crippen LogP contribution in [0.3, 0.4) is 0 Å². The maximum Gasteiger partial charge on any atom is 0.434 e. The van der Waals surface area contributed by atoms with Gasteiger partial charge in [-0.1, -0.05) is 24.1 Å². The smallest absolute Gasteiger partial charge is 0.434 e. The fourth-order valence-corrected chi connectivity index (χ4v) is 9.53. The van der Waals surface area contributed by atoms with Gasteiger partial charge in [-0.25, -0.2) is 4.79 Å². The van der Waals surface area contributed by atoms with Crippen LogP contribution in [0.2, 0.25) is 0 Å². The molecule has 3 fully saturated rings. The van der Waals surface area contributed by atoms with Gasteiger partial charge >= 0.3 is 6.09 Å². The van der Waals surface area contributed by atoms with Crippen LogP contribution in [0.1, 0.15) is 91.8 Å². The van der Waals surface area contributed by atoms with Gasteiger partial charge in [-0.2, -0.15) is 0 Å². The van der Waals surface area contributed by atoms with Crippen LogP contribution in [-0.4, -0.2) is 74.6 Å². The van der Waals surface area contributed by atoms with Crippen molar-refractivity contribution < 1.29 is 14.7 Å². The number of H-pyrrole nitrogens is 1. The number of amides is 2. The number of carbonyl (C=O) groups excluding carboxylic acids is 1. The standard InChI is InChI=1S/C38H46N6O3S/c1-22-16-23(2)18-27(17-22)33-32(24(3)20-40-36(42-37(46)47)43-15-12-26(21-43)25-10-13-39-14-11-25)30-19-31(48-34(30)41-33)38(4,5)35(45)44-28-6-7-29(44)9-8-28/h10-11,13-14,16-19,24,26,28-29,41H,6-9,12,15,20-21H2,1-5H3,(H,40,42)(H,46,47)/t24-,26?,28?,29?/m0/s1. The van der Waals surface area contributed by atoms with Gasteiger partial charge in [0.05, 0.1) is 11.1 Å². The first kappa shape index (κ1) is 32.4. The number of aromatic nitrogens is 2. The summed E-state index contributed by atoms with van der Waals surface area (Å²) < 4.78 is 0. The van der Waals surface area contributed by atoms with E-state index in [0.717, 1.165) is 65.0 Å². The van der Waals surface area contributed by atoms with Crippen molar-refractivity contribution in [2.45, 2.75) is 96.1 Å². The number of hydrogen-bond acceptors (Lipinski definition) is 4. The molecular weight excluding hydrogens is 621 g/mol. The summed E-state index contributed by atoms with van der Waals surface area (Å²) in [6.45, 7) is 12.5. The molecule has 1 aromatic carbocycles. The Balaban J connectivity index is 1.19. The lowest BCUT2D eigenvalue weighted by molar-refractivity contribution is -0.137. The molecule has 2 bridgehead atoms. The monoisotopic (exact) mass is 666 g/mol. The van der Waals surface area contributed by atoms with E-state index in [1.54, 1.807) is 23.7 Å². The van der Waals surface area contributed by atoms with E-state index >= 15 is 0 Å². The highest BCUT2D eigenvalue weighted by Crippen LogP contribution is 2.46. The molecule has 9 nitrogen and oxygen atoms in total. The number of benzene rings is 1. The highest BCUT2D eigenvalue weighted by molar-refractivity contribution is 7.19. The van der Waals surface area contributed by atoms with Crippen LogP contribution in [0, 0.1) is 13.8 Å². The van der Waals surface area contributed by atoms with Crippen LogP contribution in [0.25, 0.3) is 21.5 Å². The summed E-state index contributed by atoms with van der Waals surface area (Å²) in [7, 11) is 0. The van der Waals surface area contributed by atoms with Crippen molar-refractivity contribution in [2.24, 2.45) is 4.99 Å². The van der Waals surface area contributed by atoms with Crippen LogP contribution in [-0.2, 0) is 10.2 Å². The van der Waals surface area contributed by atoms with Gasteiger partial charge in [0.1, 0.15) is 4.83 Å². The molecule has 3 N–H and O–H groups in total. The molecule has 3 aromatic heterocycles. The van der Waals surface area contributed by atoms with Crippen molar-refractivity contribution in [2.75, 3.05) is 19.6 Å². The van der Waals surface area contributed by atoms with E-state index in [1.807, 2.05) is 17.0 Å². The van der Waals surface area contributed by atoms with E-state index in [-0.39, 0.29) is 17.7 Å². The molecule has 2 atom stereocenters. The van der Waals surface area contributed by atoms with E-state index in [4.69, 9.17) is 0 Å². The first-order chi connectivity index (χ1) is 23.0. The van der Waals surface area contributed by atoms with Gasteiger partial charge in [-0.05, 0) is 107 Å². The highest BCUT2D eigenvalue weighted by Gasteiger charge is 2.47. The topological polar surface area (TPSA) is 114 Å². The molecule has 3 saturated heterocycles. The van der Waals surface area contributed by atoms with Crippen LogP contribution in [0.4, 0.5) is 4.79 Å². The lowest BCUT2D eigenvalue weighted by Crippen LogP contribution is -2.45. The quantitative estimate of drug-likeness (QED) is 0.139. The van der Waals surface area contributed by atoms with Gasteiger partial charge in [0.2, 0.25) is 11.9 Å². The minimum Gasteiger partial charge on any atom is -0.463 e. The fourth-order valence-electron chi connectivity index (χ4n) is 8.36. The third-order valence-corrected chi connectivity index (χ3v) is 12.2. The summed E-state index contributed by atoms with van der Waals surface area (Å²) in [6.07, 6.45) is 7.82. The normalized spacial score (nSPS) is 21.8. The van der Waals surface area contributed by atoms with Gasteiger partial charge in [0.15, 0.2) is 0 Å². The fraction of sp³-hybridized carbons (Fsp3) is 0.474. The molecule has 252 valence electrons. The van der Waals surface area contributed by atoms with Gasteiger partial charge in [0, 0.05) is 66.2 Å². The van der Waals surface area contributed by atoms with Crippen LogP contribution >= 0.6 is 11.3 Å². The first-order valence-corrected chi connectivity index (χ1v) is 18.1. The second-order valence-electron chi connectivity index (χ2n) is 14.7. The molecule has 6 heterocycles. The summed E-state index contributed by atoms with van der Waals surface area (Å²) in [5.74, 6) is 0.927. The van der Waals surface area contributed by atoms with E-state index in [1.165, 1.54) is 22.3 Å². The predicted octanol–water partition coefficient (Wildman–Crippen LogP) is 7.56. The number of carbonyl (C=O) groups is 2. The average molecular weight is 667 g/mol. The third-order valence-electron chi connectivity index (χ3n) is 10.8. The van der Waals surface area contributed by atoms with E-state index in [0.29, 0.717) is 31.1 Å². The van der Waals surface area contributed by atoms with Crippen LogP contribution < -0.4 is 5.32 Å². The maximum absolute atomic E-state index is 14.1. The van der Waals surface area contributed by atoms with Crippen LogP contribution in [0.15, 0.2) is 53.8 Å². The van der Waals surface area contributed by atoms with Crippen molar-refractivity contribution in [3.63, 3.8) is 0 Å². The Kier molecular flexibility index (Phi) is 8.56. The summed E-state index contributed by atoms with van der Waals surface area (Å²) >= 11 is 1.68. The summed E-state index contributed by atoms with van der Waals surface area (Å²) in [5, 5.41) is 14.3. The number of nitrogens with one attached hydrogen (secondary N) is 2. The largest absolute Gasteiger partial charge is 0.463 e. The number of nitrogens with zero attached hydrogens (tertiary/aromatic N) is 4. The maximum atomic E-state index is 14.1. The molecule has 1 unspecified atom stereocenters. The van der Waals surface area contributed by atoms with Gasteiger partial charge in [-0.3, -0.25) is 9.78 Å². The second-order valence-corrected chi connectivity index (χ2v) is 15.7. The van der Waals surface area contributed by atoms with Crippen molar-refractivity contribution in [3.05, 3.63) is 75.9 Å². The Bertz CT molecular complexity index is 1840.